The van der Waals surface area contributed by atoms with E-state index in [1.165, 1.54) is 12.0 Å². The van der Waals surface area contributed by atoms with E-state index in [4.69, 9.17) is 4.74 Å². The van der Waals surface area contributed by atoms with E-state index >= 15 is 0 Å². The summed E-state index contributed by atoms with van der Waals surface area (Å²) in [6, 6.07) is 8.58. The summed E-state index contributed by atoms with van der Waals surface area (Å²) in [6.07, 6.45) is 1.80. The van der Waals surface area contributed by atoms with E-state index in [9.17, 15) is 9.59 Å². The predicted octanol–water partition coefficient (Wildman–Crippen LogP) is 2.85. The Bertz CT molecular complexity index is 694. The number of nitrogens with zero attached hydrogens (tertiary/aromatic N) is 2. The maximum atomic E-state index is 12.6. The van der Waals surface area contributed by atoms with Crippen molar-refractivity contribution in [2.45, 2.75) is 0 Å². The molecule has 6 heteroatoms. The van der Waals surface area contributed by atoms with Crippen LogP contribution < -0.4 is 4.90 Å². The summed E-state index contributed by atoms with van der Waals surface area (Å²) >= 11 is 3.34. The molecule has 21 heavy (non-hydrogen) atoms. The molecule has 0 aliphatic heterocycles. The molecule has 110 valence electrons. The van der Waals surface area contributed by atoms with Crippen LogP contribution in [-0.4, -0.2) is 30.6 Å². The number of ether oxygens (including phenoxy) is 1. The lowest BCUT2D eigenvalue weighted by Crippen LogP contribution is -2.29. The molecule has 0 aliphatic rings. The number of amides is 1. The number of hydrogen-bond acceptors (Lipinski definition) is 3. The molecule has 0 bridgehead atoms. The Kier molecular flexibility index (Phi) is 4.47. The number of carbonyl (C=O) groups excluding carboxylic acids is 2. The molecular weight excluding hydrogens is 336 g/mol. The summed E-state index contributed by atoms with van der Waals surface area (Å²) in [5.41, 5.74) is 1.37. The predicted molar refractivity (Wildman–Crippen MR) is 83.6 cm³/mol. The Morgan fingerprint density at radius 3 is 2.52 bits per heavy atom. The first-order valence-corrected chi connectivity index (χ1v) is 7.02. The number of anilines is 1. The average Bonchev–Trinajstić information content (AvgIpc) is 2.83. The zero-order valence-corrected chi connectivity index (χ0v) is 13.5. The van der Waals surface area contributed by atoms with Gasteiger partial charge in [0.2, 0.25) is 0 Å². The Morgan fingerprint density at radius 1 is 1.29 bits per heavy atom. The molecule has 0 aliphatic carbocycles. The highest BCUT2D eigenvalue weighted by Gasteiger charge is 2.21. The quantitative estimate of drug-likeness (QED) is 0.799. The van der Waals surface area contributed by atoms with Crippen LogP contribution in [0.5, 0.6) is 0 Å². The number of methoxy groups -OCH3 is 1. The van der Waals surface area contributed by atoms with Crippen molar-refractivity contribution in [2.75, 3.05) is 19.1 Å². The van der Waals surface area contributed by atoms with Crippen LogP contribution in [-0.2, 0) is 11.8 Å². The van der Waals surface area contributed by atoms with Gasteiger partial charge in [0.25, 0.3) is 5.91 Å². The Balaban J connectivity index is 2.41. The molecular formula is C15H15BrN2O3. The SMILES string of the molecule is COC(=O)c1ccccc1N(C)C(=O)c1cc(Br)cn1C. The minimum absolute atomic E-state index is 0.209. The number of benzene rings is 1. The van der Waals surface area contributed by atoms with Crippen LogP contribution in [0.3, 0.4) is 0 Å². The number of halogens is 1. The molecule has 0 N–H and O–H groups in total. The standard InChI is InChI=1S/C15H15BrN2O3/c1-17-9-10(16)8-13(17)14(19)18(2)12-7-5-4-6-11(12)15(20)21-3/h4-9H,1-3H3. The lowest BCUT2D eigenvalue weighted by Gasteiger charge is -2.20. The second kappa shape index (κ2) is 6.13. The van der Waals surface area contributed by atoms with Gasteiger partial charge in [-0.2, -0.15) is 0 Å². The fourth-order valence-corrected chi connectivity index (χ4v) is 2.59. The highest BCUT2D eigenvalue weighted by Crippen LogP contribution is 2.23. The van der Waals surface area contributed by atoms with E-state index in [2.05, 4.69) is 15.9 Å². The molecule has 1 aromatic heterocycles. The zero-order chi connectivity index (χ0) is 15.6. The second-order valence-electron chi connectivity index (χ2n) is 4.53. The van der Waals surface area contributed by atoms with Gasteiger partial charge in [0.1, 0.15) is 5.69 Å². The molecule has 0 spiro atoms. The summed E-state index contributed by atoms with van der Waals surface area (Å²) < 4.78 is 7.30. The summed E-state index contributed by atoms with van der Waals surface area (Å²) in [7, 11) is 4.73. The van der Waals surface area contributed by atoms with E-state index < -0.39 is 5.97 Å². The van der Waals surface area contributed by atoms with Crippen molar-refractivity contribution in [3.05, 3.63) is 52.3 Å². The molecule has 0 saturated heterocycles. The molecule has 0 atom stereocenters. The van der Waals surface area contributed by atoms with Gasteiger partial charge < -0.3 is 14.2 Å². The van der Waals surface area contributed by atoms with Crippen LogP contribution in [0.25, 0.3) is 0 Å². The van der Waals surface area contributed by atoms with Crippen LogP contribution in [0.2, 0.25) is 0 Å². The number of carbonyl (C=O) groups is 2. The minimum Gasteiger partial charge on any atom is -0.465 e. The number of esters is 1. The van der Waals surface area contributed by atoms with Crippen molar-refractivity contribution in [1.82, 2.24) is 4.57 Å². The van der Waals surface area contributed by atoms with Gasteiger partial charge in [0.15, 0.2) is 0 Å². The molecule has 0 saturated carbocycles. The van der Waals surface area contributed by atoms with Crippen LogP contribution in [0.4, 0.5) is 5.69 Å². The molecule has 1 heterocycles. The summed E-state index contributed by atoms with van der Waals surface area (Å²) in [6.45, 7) is 0. The van der Waals surface area contributed by atoms with E-state index in [1.807, 2.05) is 0 Å². The molecule has 2 aromatic rings. The number of para-hydroxylation sites is 1. The largest absolute Gasteiger partial charge is 0.465 e. The van der Waals surface area contributed by atoms with Gasteiger partial charge in [0, 0.05) is 24.8 Å². The lowest BCUT2D eigenvalue weighted by atomic mass is 10.1. The highest BCUT2D eigenvalue weighted by molar-refractivity contribution is 9.10. The first-order chi connectivity index (χ1) is 9.95. The Morgan fingerprint density at radius 2 is 1.95 bits per heavy atom. The van der Waals surface area contributed by atoms with E-state index in [-0.39, 0.29) is 5.91 Å². The summed E-state index contributed by atoms with van der Waals surface area (Å²) in [5.74, 6) is -0.683. The minimum atomic E-state index is -0.474. The molecule has 0 radical (unpaired) electrons. The van der Waals surface area contributed by atoms with Crippen LogP contribution in [0.15, 0.2) is 41.0 Å². The normalized spacial score (nSPS) is 10.3. The monoisotopic (exact) mass is 350 g/mol. The molecule has 0 unspecified atom stereocenters. The van der Waals surface area contributed by atoms with Gasteiger partial charge >= 0.3 is 5.97 Å². The number of aryl methyl sites for hydroxylation is 1. The van der Waals surface area contributed by atoms with Crippen molar-refractivity contribution in [3.8, 4) is 0 Å². The second-order valence-corrected chi connectivity index (χ2v) is 5.44. The van der Waals surface area contributed by atoms with Crippen molar-refractivity contribution in [1.29, 1.82) is 0 Å². The first kappa shape index (κ1) is 15.3. The molecule has 2 rings (SSSR count). The number of aromatic nitrogens is 1. The highest BCUT2D eigenvalue weighted by atomic mass is 79.9. The van der Waals surface area contributed by atoms with E-state index in [0.29, 0.717) is 16.9 Å². The van der Waals surface area contributed by atoms with Gasteiger partial charge in [-0.15, -0.1) is 0 Å². The molecule has 5 nitrogen and oxygen atoms in total. The first-order valence-electron chi connectivity index (χ1n) is 6.23. The Labute approximate surface area is 131 Å². The van der Waals surface area contributed by atoms with Crippen LogP contribution in [0, 0.1) is 0 Å². The molecule has 1 amide bonds. The van der Waals surface area contributed by atoms with Gasteiger partial charge in [0.05, 0.1) is 18.4 Å². The van der Waals surface area contributed by atoms with E-state index in [1.54, 1.807) is 55.2 Å². The fraction of sp³-hybridized carbons (Fsp3) is 0.200. The zero-order valence-electron chi connectivity index (χ0n) is 12.0. The maximum Gasteiger partial charge on any atom is 0.339 e. The average molecular weight is 351 g/mol. The van der Waals surface area contributed by atoms with Crippen molar-refractivity contribution in [3.63, 3.8) is 0 Å². The number of hydrogen-bond donors (Lipinski definition) is 0. The van der Waals surface area contributed by atoms with Crippen LogP contribution in [0.1, 0.15) is 20.8 Å². The maximum absolute atomic E-state index is 12.6. The molecule has 0 fully saturated rings. The van der Waals surface area contributed by atoms with Crippen molar-refractivity contribution >= 4 is 33.5 Å². The third-order valence-corrected chi connectivity index (χ3v) is 3.60. The smallest absolute Gasteiger partial charge is 0.339 e. The topological polar surface area (TPSA) is 51.5 Å². The van der Waals surface area contributed by atoms with Gasteiger partial charge in [-0.25, -0.2) is 4.79 Å². The number of rotatable bonds is 3. The third-order valence-electron chi connectivity index (χ3n) is 3.17. The fourth-order valence-electron chi connectivity index (χ4n) is 2.07. The van der Waals surface area contributed by atoms with E-state index in [0.717, 1.165) is 4.47 Å². The summed E-state index contributed by atoms with van der Waals surface area (Å²) in [5, 5.41) is 0. The third kappa shape index (κ3) is 3.00. The van der Waals surface area contributed by atoms with Gasteiger partial charge in [-0.05, 0) is 34.1 Å². The Hall–Kier alpha value is -2.08. The van der Waals surface area contributed by atoms with Crippen molar-refractivity contribution < 1.29 is 14.3 Å². The van der Waals surface area contributed by atoms with Gasteiger partial charge in [-0.1, -0.05) is 12.1 Å². The molecule has 1 aromatic carbocycles. The lowest BCUT2D eigenvalue weighted by molar-refractivity contribution is 0.0601. The van der Waals surface area contributed by atoms with Crippen LogP contribution >= 0.6 is 15.9 Å². The van der Waals surface area contributed by atoms with Crippen molar-refractivity contribution in [2.24, 2.45) is 7.05 Å². The summed E-state index contributed by atoms with van der Waals surface area (Å²) in [4.78, 5) is 25.8. The van der Waals surface area contributed by atoms with Gasteiger partial charge in [-0.3, -0.25) is 4.79 Å².